The van der Waals surface area contributed by atoms with Crippen molar-refractivity contribution in [1.82, 2.24) is 5.32 Å². The summed E-state index contributed by atoms with van der Waals surface area (Å²) in [5, 5.41) is 3.11. The minimum absolute atomic E-state index is 0.0127. The summed E-state index contributed by atoms with van der Waals surface area (Å²) in [7, 11) is 0. The minimum atomic E-state index is -0.0127. The second kappa shape index (κ2) is 6.14. The molecule has 1 N–H and O–H groups in total. The van der Waals surface area contributed by atoms with Crippen LogP contribution in [0.2, 0.25) is 0 Å². The van der Waals surface area contributed by atoms with E-state index in [4.69, 9.17) is 4.74 Å². The lowest BCUT2D eigenvalue weighted by molar-refractivity contribution is -0.121. The third-order valence-electron chi connectivity index (χ3n) is 3.23. The number of carbonyl (C=O) groups is 1. The van der Waals surface area contributed by atoms with Gasteiger partial charge >= 0.3 is 0 Å². The topological polar surface area (TPSA) is 38.3 Å². The van der Waals surface area contributed by atoms with Gasteiger partial charge in [-0.1, -0.05) is 18.2 Å². The Morgan fingerprint density at radius 1 is 1.50 bits per heavy atom. The van der Waals surface area contributed by atoms with Crippen molar-refractivity contribution in [2.24, 2.45) is 0 Å². The maximum absolute atomic E-state index is 12.0. The van der Waals surface area contributed by atoms with Crippen molar-refractivity contribution in [2.75, 3.05) is 12.9 Å². The number of para-hydroxylation sites is 1. The van der Waals surface area contributed by atoms with Gasteiger partial charge < -0.3 is 10.1 Å². The lowest BCUT2D eigenvalue weighted by Gasteiger charge is -2.20. The van der Waals surface area contributed by atoms with E-state index in [1.165, 1.54) is 0 Å². The van der Waals surface area contributed by atoms with Crippen LogP contribution in [0.3, 0.4) is 0 Å². The molecular formula is C14H19NO2S. The SMILES string of the molecule is CS[C@H](C)C(=O)N[C@@H]1CCCOc2ccccc21. The molecule has 2 atom stereocenters. The fourth-order valence-electron chi connectivity index (χ4n) is 2.07. The van der Waals surface area contributed by atoms with E-state index in [1.54, 1.807) is 11.8 Å². The van der Waals surface area contributed by atoms with E-state index >= 15 is 0 Å². The smallest absolute Gasteiger partial charge is 0.233 e. The van der Waals surface area contributed by atoms with Gasteiger partial charge in [-0.15, -0.1) is 0 Å². The highest BCUT2D eigenvalue weighted by atomic mass is 32.2. The molecule has 2 rings (SSSR count). The van der Waals surface area contributed by atoms with Gasteiger partial charge in [-0.05, 0) is 32.1 Å². The van der Waals surface area contributed by atoms with Crippen molar-refractivity contribution >= 4 is 17.7 Å². The second-order valence-corrected chi connectivity index (χ2v) is 5.65. The van der Waals surface area contributed by atoms with Gasteiger partial charge in [-0.3, -0.25) is 4.79 Å². The highest BCUT2D eigenvalue weighted by molar-refractivity contribution is 7.99. The predicted molar refractivity (Wildman–Crippen MR) is 75.0 cm³/mol. The first kappa shape index (κ1) is 13.3. The molecule has 0 spiro atoms. The Balaban J connectivity index is 2.15. The van der Waals surface area contributed by atoms with Gasteiger partial charge in [0.1, 0.15) is 5.75 Å². The van der Waals surface area contributed by atoms with Crippen molar-refractivity contribution in [3.63, 3.8) is 0 Å². The van der Waals surface area contributed by atoms with Crippen molar-refractivity contribution in [1.29, 1.82) is 0 Å². The summed E-state index contributed by atoms with van der Waals surface area (Å²) < 4.78 is 5.69. The molecule has 0 unspecified atom stereocenters. The first-order valence-corrected chi connectivity index (χ1v) is 7.56. The van der Waals surface area contributed by atoms with Gasteiger partial charge in [0.15, 0.2) is 0 Å². The van der Waals surface area contributed by atoms with Gasteiger partial charge in [0.2, 0.25) is 5.91 Å². The van der Waals surface area contributed by atoms with Crippen LogP contribution < -0.4 is 10.1 Å². The first-order chi connectivity index (χ1) is 8.72. The first-order valence-electron chi connectivity index (χ1n) is 6.27. The number of amides is 1. The highest BCUT2D eigenvalue weighted by Crippen LogP contribution is 2.31. The molecule has 18 heavy (non-hydrogen) atoms. The molecule has 0 bridgehead atoms. The third kappa shape index (κ3) is 2.99. The number of nitrogens with one attached hydrogen (secondary N) is 1. The Morgan fingerprint density at radius 2 is 2.28 bits per heavy atom. The van der Waals surface area contributed by atoms with Crippen LogP contribution in [-0.2, 0) is 4.79 Å². The normalized spacial score (nSPS) is 20.2. The van der Waals surface area contributed by atoms with Gasteiger partial charge in [-0.25, -0.2) is 0 Å². The molecule has 1 aliphatic rings. The molecule has 98 valence electrons. The maximum atomic E-state index is 12.0. The molecule has 1 aliphatic heterocycles. The maximum Gasteiger partial charge on any atom is 0.233 e. The molecular weight excluding hydrogens is 246 g/mol. The largest absolute Gasteiger partial charge is 0.493 e. The van der Waals surface area contributed by atoms with E-state index in [9.17, 15) is 4.79 Å². The standard InChI is InChI=1S/C14H19NO2S/c1-10(18-2)14(16)15-12-7-5-9-17-13-8-4-3-6-11(12)13/h3-4,6,8,10,12H,5,7,9H2,1-2H3,(H,15,16)/t10-,12-/m1/s1. The number of carbonyl (C=O) groups excluding carboxylic acids is 1. The van der Waals surface area contributed by atoms with Crippen molar-refractivity contribution in [2.45, 2.75) is 31.1 Å². The summed E-state index contributed by atoms with van der Waals surface area (Å²) >= 11 is 1.56. The van der Waals surface area contributed by atoms with Crippen LogP contribution >= 0.6 is 11.8 Å². The monoisotopic (exact) mass is 265 g/mol. The molecule has 1 aromatic rings. The zero-order valence-electron chi connectivity index (χ0n) is 10.8. The number of thioether (sulfide) groups is 1. The Labute approximate surface area is 112 Å². The summed E-state index contributed by atoms with van der Waals surface area (Å²) in [4.78, 5) is 12.0. The summed E-state index contributed by atoms with van der Waals surface area (Å²) in [5.74, 6) is 1.00. The lowest BCUT2D eigenvalue weighted by atomic mass is 10.0. The van der Waals surface area contributed by atoms with Crippen LogP contribution in [0.1, 0.15) is 31.4 Å². The number of rotatable bonds is 3. The van der Waals surface area contributed by atoms with Crippen LogP contribution in [0.5, 0.6) is 5.75 Å². The zero-order valence-corrected chi connectivity index (χ0v) is 11.6. The third-order valence-corrected chi connectivity index (χ3v) is 4.15. The van der Waals surface area contributed by atoms with Gasteiger partial charge in [-0.2, -0.15) is 11.8 Å². The Hall–Kier alpha value is -1.16. The fraction of sp³-hybridized carbons (Fsp3) is 0.500. The summed E-state index contributed by atoms with van der Waals surface area (Å²) in [5.41, 5.74) is 1.09. The van der Waals surface area contributed by atoms with E-state index in [0.29, 0.717) is 0 Å². The summed E-state index contributed by atoms with van der Waals surface area (Å²) in [6, 6.07) is 8.04. The number of hydrogen-bond donors (Lipinski definition) is 1. The van der Waals surface area contributed by atoms with E-state index in [1.807, 2.05) is 37.4 Å². The van der Waals surface area contributed by atoms with Crippen LogP contribution in [0.25, 0.3) is 0 Å². The van der Waals surface area contributed by atoms with Crippen molar-refractivity contribution < 1.29 is 9.53 Å². The van der Waals surface area contributed by atoms with Gasteiger partial charge in [0.05, 0.1) is 17.9 Å². The summed E-state index contributed by atoms with van der Waals surface area (Å²) in [6.07, 6.45) is 3.85. The average molecular weight is 265 g/mol. The van der Waals surface area contributed by atoms with Crippen LogP contribution in [0.15, 0.2) is 24.3 Å². The van der Waals surface area contributed by atoms with Gasteiger partial charge in [0.25, 0.3) is 0 Å². The number of ether oxygens (including phenoxy) is 1. The second-order valence-electron chi connectivity index (χ2n) is 4.47. The van der Waals surface area contributed by atoms with Crippen molar-refractivity contribution in [3.8, 4) is 5.75 Å². The van der Waals surface area contributed by atoms with Crippen molar-refractivity contribution in [3.05, 3.63) is 29.8 Å². The number of benzene rings is 1. The molecule has 1 amide bonds. The fourth-order valence-corrected chi connectivity index (χ4v) is 2.35. The Morgan fingerprint density at radius 3 is 3.06 bits per heavy atom. The molecule has 0 aliphatic carbocycles. The number of fused-ring (bicyclic) bond motifs is 1. The van der Waals surface area contributed by atoms with E-state index in [2.05, 4.69) is 5.32 Å². The molecule has 0 radical (unpaired) electrons. The number of hydrogen-bond acceptors (Lipinski definition) is 3. The molecule has 0 saturated heterocycles. The molecule has 0 fully saturated rings. The van der Waals surface area contributed by atoms with Crippen LogP contribution in [-0.4, -0.2) is 24.0 Å². The van der Waals surface area contributed by atoms with E-state index in [0.717, 1.165) is 30.8 Å². The summed E-state index contributed by atoms with van der Waals surface area (Å²) in [6.45, 7) is 2.65. The average Bonchev–Trinajstić information content (AvgIpc) is 2.60. The lowest BCUT2D eigenvalue weighted by Crippen LogP contribution is -2.34. The highest BCUT2D eigenvalue weighted by Gasteiger charge is 2.22. The minimum Gasteiger partial charge on any atom is -0.493 e. The Bertz CT molecular complexity index is 422. The van der Waals surface area contributed by atoms with Gasteiger partial charge in [0, 0.05) is 5.56 Å². The molecule has 0 aromatic heterocycles. The predicted octanol–water partition coefficient (Wildman–Crippen LogP) is 2.77. The molecule has 3 nitrogen and oxygen atoms in total. The van der Waals surface area contributed by atoms with Crippen LogP contribution in [0.4, 0.5) is 0 Å². The van der Waals surface area contributed by atoms with Crippen LogP contribution in [0, 0.1) is 0 Å². The van der Waals surface area contributed by atoms with E-state index < -0.39 is 0 Å². The quantitative estimate of drug-likeness (QED) is 0.913. The molecule has 1 aromatic carbocycles. The van der Waals surface area contributed by atoms with E-state index in [-0.39, 0.29) is 17.2 Å². The molecule has 4 heteroatoms. The Kier molecular flexibility index (Phi) is 4.53. The molecule has 1 heterocycles. The zero-order chi connectivity index (χ0) is 13.0. The molecule has 0 saturated carbocycles.